The highest BCUT2D eigenvalue weighted by molar-refractivity contribution is 5.97. The number of piperidine rings is 1. The van der Waals surface area contributed by atoms with E-state index in [1.165, 1.54) is 5.69 Å². The van der Waals surface area contributed by atoms with Crippen LogP contribution in [0.2, 0.25) is 0 Å². The van der Waals surface area contributed by atoms with Crippen molar-refractivity contribution in [3.63, 3.8) is 0 Å². The lowest BCUT2D eigenvalue weighted by Crippen LogP contribution is -2.44. The average molecular weight is 680 g/mol. The Morgan fingerprint density at radius 1 is 0.633 bits per heavy atom. The molecule has 0 atom stereocenters. The number of hydrogen-bond donors (Lipinski definition) is 2. The molecule has 2 aromatic carbocycles. The van der Waals surface area contributed by atoms with Crippen LogP contribution in [0.15, 0.2) is 36.4 Å². The standard InChI is InChI=1S/C22H36N4O2.C16H25N3O2/c1-22(2,3)28-21(27)19-7-6-18(26-14-12-25(5)13-15-26)16-20(19)23-17-8-10-24(4)11-9-17;1-16(2,3)21-15(20)13-6-5-12(11-14(13)17)19-9-7-18(4)8-10-19/h6-7,16-17,23H,8-15H2,1-5H3;5-6,11H,7-10,17H2,1-4H3. The molecule has 3 N–H and O–H groups in total. The molecule has 3 aliphatic rings. The zero-order valence-corrected chi connectivity index (χ0v) is 31.5. The predicted molar refractivity (Wildman–Crippen MR) is 201 cm³/mol. The zero-order valence-electron chi connectivity index (χ0n) is 31.5. The molecule has 0 aromatic heterocycles. The molecule has 3 heterocycles. The second kappa shape index (κ2) is 16.4. The van der Waals surface area contributed by atoms with Gasteiger partial charge in [-0.2, -0.15) is 0 Å². The Balaban J connectivity index is 0.000000230. The summed E-state index contributed by atoms with van der Waals surface area (Å²) in [7, 11) is 6.45. The zero-order chi connectivity index (χ0) is 35.9. The molecule has 0 saturated carbocycles. The number of likely N-dealkylation sites (N-methyl/N-ethyl adjacent to an activating group) is 2. The first-order valence-corrected chi connectivity index (χ1v) is 17.8. The van der Waals surface area contributed by atoms with E-state index in [1.54, 1.807) is 6.07 Å². The van der Waals surface area contributed by atoms with Crippen molar-refractivity contribution in [3.05, 3.63) is 47.5 Å². The number of rotatable bonds is 6. The summed E-state index contributed by atoms with van der Waals surface area (Å²) in [5, 5.41) is 3.66. The van der Waals surface area contributed by atoms with Gasteiger partial charge in [-0.15, -0.1) is 0 Å². The second-order valence-corrected chi connectivity index (χ2v) is 15.8. The molecule has 3 fully saturated rings. The van der Waals surface area contributed by atoms with Gasteiger partial charge in [0.2, 0.25) is 0 Å². The summed E-state index contributed by atoms with van der Waals surface area (Å²) in [6.45, 7) is 21.6. The topological polar surface area (TPSA) is 107 Å². The van der Waals surface area contributed by atoms with Crippen LogP contribution in [0.5, 0.6) is 0 Å². The number of anilines is 4. The van der Waals surface area contributed by atoms with Gasteiger partial charge in [-0.25, -0.2) is 9.59 Å². The third kappa shape index (κ3) is 11.8. The van der Waals surface area contributed by atoms with E-state index in [0.717, 1.165) is 89.7 Å². The van der Waals surface area contributed by atoms with E-state index < -0.39 is 11.2 Å². The van der Waals surface area contributed by atoms with Crippen LogP contribution >= 0.6 is 0 Å². The number of carbonyl (C=O) groups excluding carboxylic acids is 2. The lowest BCUT2D eigenvalue weighted by molar-refractivity contribution is 0.00580. The number of benzene rings is 2. The fourth-order valence-corrected chi connectivity index (χ4v) is 6.13. The maximum absolute atomic E-state index is 12.8. The van der Waals surface area contributed by atoms with Crippen LogP contribution in [0.25, 0.3) is 0 Å². The van der Waals surface area contributed by atoms with E-state index in [1.807, 2.05) is 59.7 Å². The van der Waals surface area contributed by atoms with Crippen molar-refractivity contribution in [2.75, 3.05) is 107 Å². The quantitative estimate of drug-likeness (QED) is 0.323. The third-order valence-corrected chi connectivity index (χ3v) is 9.09. The van der Waals surface area contributed by atoms with Crippen molar-refractivity contribution >= 4 is 34.7 Å². The molecule has 272 valence electrons. The molecule has 49 heavy (non-hydrogen) atoms. The molecule has 0 radical (unpaired) electrons. The molecular formula is C38H61N7O4. The number of ether oxygens (including phenoxy) is 2. The molecule has 0 unspecified atom stereocenters. The lowest BCUT2D eigenvalue weighted by Gasteiger charge is -2.35. The van der Waals surface area contributed by atoms with Gasteiger partial charge in [0.05, 0.1) is 16.8 Å². The number of esters is 2. The van der Waals surface area contributed by atoms with Gasteiger partial charge in [-0.05, 0) is 125 Å². The van der Waals surface area contributed by atoms with Gasteiger partial charge in [0, 0.05) is 75.5 Å². The number of piperazine rings is 2. The smallest absolute Gasteiger partial charge is 0.340 e. The Morgan fingerprint density at radius 2 is 1.04 bits per heavy atom. The van der Waals surface area contributed by atoms with E-state index in [9.17, 15) is 9.59 Å². The number of hydrogen-bond acceptors (Lipinski definition) is 11. The van der Waals surface area contributed by atoms with Gasteiger partial charge in [0.1, 0.15) is 11.2 Å². The van der Waals surface area contributed by atoms with Crippen LogP contribution < -0.4 is 20.9 Å². The lowest BCUT2D eigenvalue weighted by atomic mass is 10.0. The molecule has 2 aromatic rings. The van der Waals surface area contributed by atoms with Crippen molar-refractivity contribution in [3.8, 4) is 0 Å². The summed E-state index contributed by atoms with van der Waals surface area (Å²) in [5.74, 6) is -0.627. The van der Waals surface area contributed by atoms with E-state index in [4.69, 9.17) is 15.2 Å². The van der Waals surface area contributed by atoms with E-state index >= 15 is 0 Å². The van der Waals surface area contributed by atoms with Crippen LogP contribution in [-0.4, -0.2) is 130 Å². The van der Waals surface area contributed by atoms with Crippen LogP contribution in [0, 0.1) is 0 Å². The predicted octanol–water partition coefficient (Wildman–Crippen LogP) is 4.88. The van der Waals surface area contributed by atoms with Crippen molar-refractivity contribution in [1.29, 1.82) is 0 Å². The number of nitrogens with zero attached hydrogens (tertiary/aromatic N) is 5. The fourth-order valence-electron chi connectivity index (χ4n) is 6.13. The molecule has 5 rings (SSSR count). The number of likely N-dealkylation sites (tertiary alicyclic amines) is 1. The van der Waals surface area contributed by atoms with Gasteiger partial charge in [0.15, 0.2) is 0 Å². The summed E-state index contributed by atoms with van der Waals surface area (Å²) in [5.41, 5.74) is 9.70. The highest BCUT2D eigenvalue weighted by Crippen LogP contribution is 2.29. The van der Waals surface area contributed by atoms with Gasteiger partial charge in [0.25, 0.3) is 0 Å². The maximum Gasteiger partial charge on any atom is 0.340 e. The van der Waals surface area contributed by atoms with Gasteiger partial charge < -0.3 is 45.0 Å². The minimum atomic E-state index is -0.514. The van der Waals surface area contributed by atoms with Crippen molar-refractivity contribution in [2.24, 2.45) is 0 Å². The average Bonchev–Trinajstić information content (AvgIpc) is 3.01. The summed E-state index contributed by atoms with van der Waals surface area (Å²) in [4.78, 5) is 36.6. The van der Waals surface area contributed by atoms with Crippen LogP contribution in [0.3, 0.4) is 0 Å². The number of nitrogens with one attached hydrogen (secondary N) is 1. The van der Waals surface area contributed by atoms with Crippen molar-refractivity contribution in [1.82, 2.24) is 14.7 Å². The van der Waals surface area contributed by atoms with Gasteiger partial charge >= 0.3 is 11.9 Å². The van der Waals surface area contributed by atoms with Crippen molar-refractivity contribution in [2.45, 2.75) is 71.6 Å². The second-order valence-electron chi connectivity index (χ2n) is 15.8. The van der Waals surface area contributed by atoms with E-state index in [0.29, 0.717) is 22.9 Å². The summed E-state index contributed by atoms with van der Waals surface area (Å²) in [6.07, 6.45) is 2.17. The Morgan fingerprint density at radius 3 is 1.49 bits per heavy atom. The first-order valence-electron chi connectivity index (χ1n) is 17.8. The molecule has 0 aliphatic carbocycles. The maximum atomic E-state index is 12.8. The monoisotopic (exact) mass is 679 g/mol. The minimum absolute atomic E-state index is 0.257. The number of carbonyl (C=O) groups is 2. The Hall–Kier alpha value is -3.54. The molecule has 3 saturated heterocycles. The fraction of sp³-hybridized carbons (Fsp3) is 0.632. The largest absolute Gasteiger partial charge is 0.456 e. The molecular weight excluding hydrogens is 618 g/mol. The molecule has 11 heteroatoms. The summed E-state index contributed by atoms with van der Waals surface area (Å²) < 4.78 is 11.0. The Labute approximate surface area is 294 Å². The normalized spacial score (nSPS) is 18.8. The molecule has 11 nitrogen and oxygen atoms in total. The van der Waals surface area contributed by atoms with Crippen LogP contribution in [0.4, 0.5) is 22.7 Å². The Kier molecular flexibility index (Phi) is 12.8. The van der Waals surface area contributed by atoms with Gasteiger partial charge in [-0.1, -0.05) is 0 Å². The number of nitrogen functional groups attached to an aromatic ring is 1. The highest BCUT2D eigenvalue weighted by atomic mass is 16.6. The van der Waals surface area contributed by atoms with Crippen LogP contribution in [0.1, 0.15) is 75.1 Å². The third-order valence-electron chi connectivity index (χ3n) is 9.09. The SMILES string of the molecule is CN1CCC(Nc2cc(N3CCN(C)CC3)ccc2C(=O)OC(C)(C)C)CC1.CN1CCN(c2ccc(C(=O)OC(C)(C)C)c(N)c2)CC1. The highest BCUT2D eigenvalue weighted by Gasteiger charge is 2.25. The van der Waals surface area contributed by atoms with E-state index in [2.05, 4.69) is 63.1 Å². The number of nitrogens with two attached hydrogens (primary N) is 1. The molecule has 0 spiro atoms. The summed E-state index contributed by atoms with van der Waals surface area (Å²) >= 11 is 0. The first-order chi connectivity index (χ1) is 23.0. The minimum Gasteiger partial charge on any atom is -0.456 e. The molecule has 0 amide bonds. The van der Waals surface area contributed by atoms with E-state index in [-0.39, 0.29) is 11.9 Å². The molecule has 0 bridgehead atoms. The molecule has 3 aliphatic heterocycles. The van der Waals surface area contributed by atoms with Crippen molar-refractivity contribution < 1.29 is 19.1 Å². The Bertz CT molecular complexity index is 1400. The first kappa shape index (κ1) is 38.3. The summed E-state index contributed by atoms with van der Waals surface area (Å²) in [6, 6.07) is 12.1. The van der Waals surface area contributed by atoms with Gasteiger partial charge in [-0.3, -0.25) is 0 Å². The van der Waals surface area contributed by atoms with Crippen LogP contribution in [-0.2, 0) is 9.47 Å².